The van der Waals surface area contributed by atoms with Crippen molar-refractivity contribution in [2.24, 2.45) is 0 Å². The van der Waals surface area contributed by atoms with E-state index in [0.717, 1.165) is 24.3 Å². The Kier molecular flexibility index (Phi) is 9.83. The zero-order chi connectivity index (χ0) is 25.5. The third-order valence-electron chi connectivity index (χ3n) is 5.52. The van der Waals surface area contributed by atoms with Crippen LogP contribution in [0.4, 0.5) is 11.4 Å². The summed E-state index contributed by atoms with van der Waals surface area (Å²) in [6.45, 7) is 1.55. The molecule has 0 spiro atoms. The first-order valence-electron chi connectivity index (χ1n) is 12.5. The van der Waals surface area contributed by atoms with Crippen LogP contribution in [-0.4, -0.2) is 32.3 Å². The number of hydrogen-bond donors (Lipinski definition) is 2. The molecule has 0 saturated carbocycles. The maximum absolute atomic E-state index is 12.6. The molecule has 6 heteroatoms. The van der Waals surface area contributed by atoms with Crippen molar-refractivity contribution in [1.29, 1.82) is 0 Å². The second kappa shape index (κ2) is 14.2. The molecule has 0 aliphatic carbocycles. The number of ether oxygens (including phenoxy) is 3. The summed E-state index contributed by atoms with van der Waals surface area (Å²) < 4.78 is 17.4. The van der Waals surface area contributed by atoms with E-state index in [9.17, 15) is 4.79 Å². The van der Waals surface area contributed by atoms with Gasteiger partial charge in [-0.1, -0.05) is 66.7 Å². The molecule has 4 aromatic carbocycles. The van der Waals surface area contributed by atoms with Gasteiger partial charge in [0.15, 0.2) is 0 Å². The van der Waals surface area contributed by atoms with E-state index >= 15 is 0 Å². The number of carbonyl (C=O) groups is 1. The van der Waals surface area contributed by atoms with Crippen molar-refractivity contribution in [2.45, 2.75) is 12.8 Å². The van der Waals surface area contributed by atoms with Gasteiger partial charge in [-0.05, 0) is 54.8 Å². The van der Waals surface area contributed by atoms with Gasteiger partial charge in [-0.25, -0.2) is 0 Å². The van der Waals surface area contributed by atoms with Crippen molar-refractivity contribution in [3.8, 4) is 17.2 Å². The van der Waals surface area contributed by atoms with Crippen molar-refractivity contribution in [1.82, 2.24) is 0 Å². The minimum absolute atomic E-state index is 0.114. The predicted molar refractivity (Wildman–Crippen MR) is 148 cm³/mol. The summed E-state index contributed by atoms with van der Waals surface area (Å²) in [6.07, 6.45) is 1.84. The smallest absolute Gasteiger partial charge is 0.243 e. The summed E-state index contributed by atoms with van der Waals surface area (Å²) >= 11 is 0. The molecule has 0 bridgehead atoms. The van der Waals surface area contributed by atoms with Crippen LogP contribution in [0.15, 0.2) is 109 Å². The number of anilines is 2. The van der Waals surface area contributed by atoms with E-state index in [2.05, 4.69) is 22.8 Å². The van der Waals surface area contributed by atoms with Crippen LogP contribution in [0.3, 0.4) is 0 Å². The van der Waals surface area contributed by atoms with Gasteiger partial charge in [0.05, 0.1) is 18.8 Å². The van der Waals surface area contributed by atoms with Gasteiger partial charge in [0.1, 0.15) is 30.5 Å². The number of carbonyl (C=O) groups excluding carboxylic acids is 1. The zero-order valence-corrected chi connectivity index (χ0v) is 20.8. The minimum atomic E-state index is -0.164. The molecule has 0 fully saturated rings. The van der Waals surface area contributed by atoms with E-state index in [1.54, 1.807) is 0 Å². The van der Waals surface area contributed by atoms with E-state index in [1.807, 2.05) is 97.1 Å². The van der Waals surface area contributed by atoms with Crippen molar-refractivity contribution in [2.75, 3.05) is 37.0 Å². The molecular weight excluding hydrogens is 464 g/mol. The Morgan fingerprint density at radius 2 is 1.32 bits per heavy atom. The van der Waals surface area contributed by atoms with E-state index in [4.69, 9.17) is 14.2 Å². The van der Waals surface area contributed by atoms with Crippen molar-refractivity contribution < 1.29 is 19.0 Å². The van der Waals surface area contributed by atoms with E-state index in [1.165, 1.54) is 5.56 Å². The number of aryl methyl sites for hydroxylation is 1. The fourth-order valence-corrected chi connectivity index (χ4v) is 3.71. The predicted octanol–water partition coefficient (Wildman–Crippen LogP) is 6.21. The maximum atomic E-state index is 12.6. The van der Waals surface area contributed by atoms with Crippen LogP contribution in [-0.2, 0) is 11.2 Å². The zero-order valence-electron chi connectivity index (χ0n) is 20.8. The average Bonchev–Trinajstić information content (AvgIpc) is 2.94. The van der Waals surface area contributed by atoms with Gasteiger partial charge in [0.25, 0.3) is 0 Å². The fraction of sp³-hybridized carbons (Fsp3) is 0.194. The van der Waals surface area contributed by atoms with E-state index in [0.29, 0.717) is 37.0 Å². The van der Waals surface area contributed by atoms with E-state index < -0.39 is 0 Å². The molecule has 4 aromatic rings. The number of hydrogen-bond acceptors (Lipinski definition) is 5. The molecule has 37 heavy (non-hydrogen) atoms. The molecule has 0 aliphatic rings. The Morgan fingerprint density at radius 3 is 2.14 bits per heavy atom. The Bertz CT molecular complexity index is 1230. The lowest BCUT2D eigenvalue weighted by atomic mass is 10.1. The number of benzene rings is 4. The number of nitrogens with one attached hydrogen (secondary N) is 2. The Labute approximate surface area is 218 Å². The van der Waals surface area contributed by atoms with Gasteiger partial charge in [-0.3, -0.25) is 4.79 Å². The molecule has 4 rings (SSSR count). The summed E-state index contributed by atoms with van der Waals surface area (Å²) in [5.41, 5.74) is 2.74. The molecule has 1 amide bonds. The maximum Gasteiger partial charge on any atom is 0.243 e. The normalized spacial score (nSPS) is 10.4. The quantitative estimate of drug-likeness (QED) is 0.203. The minimum Gasteiger partial charge on any atom is -0.491 e. The molecule has 0 radical (unpaired) electrons. The molecule has 0 unspecified atom stereocenters. The number of para-hydroxylation sites is 3. The highest BCUT2D eigenvalue weighted by Crippen LogP contribution is 2.24. The van der Waals surface area contributed by atoms with Crippen molar-refractivity contribution in [3.63, 3.8) is 0 Å². The van der Waals surface area contributed by atoms with Crippen molar-refractivity contribution in [3.05, 3.63) is 115 Å². The second-order valence-corrected chi connectivity index (χ2v) is 8.37. The highest BCUT2D eigenvalue weighted by atomic mass is 16.5. The van der Waals surface area contributed by atoms with Crippen LogP contribution in [0.1, 0.15) is 12.0 Å². The topological polar surface area (TPSA) is 68.8 Å². The highest BCUT2D eigenvalue weighted by Gasteiger charge is 2.08. The monoisotopic (exact) mass is 496 g/mol. The number of amides is 1. The lowest BCUT2D eigenvalue weighted by Gasteiger charge is -2.13. The van der Waals surface area contributed by atoms with Gasteiger partial charge in [0.2, 0.25) is 5.91 Å². The summed E-state index contributed by atoms with van der Waals surface area (Å²) in [5.74, 6) is 2.02. The first-order chi connectivity index (χ1) is 18.3. The van der Waals surface area contributed by atoms with Crippen LogP contribution in [0.25, 0.3) is 0 Å². The first-order valence-corrected chi connectivity index (χ1v) is 12.5. The molecule has 0 aromatic heterocycles. The summed E-state index contributed by atoms with van der Waals surface area (Å²) in [7, 11) is 0. The molecule has 0 atom stereocenters. The van der Waals surface area contributed by atoms with Gasteiger partial charge in [0, 0.05) is 11.8 Å². The third-order valence-corrected chi connectivity index (χ3v) is 5.52. The van der Waals surface area contributed by atoms with Gasteiger partial charge in [-0.2, -0.15) is 0 Å². The molecule has 0 aliphatic heterocycles. The molecule has 2 N–H and O–H groups in total. The Hall–Kier alpha value is -4.45. The number of rotatable bonds is 14. The molecular formula is C31H32N2O4. The first kappa shape index (κ1) is 25.6. The largest absolute Gasteiger partial charge is 0.491 e. The molecule has 0 heterocycles. The lowest BCUT2D eigenvalue weighted by molar-refractivity contribution is -0.114. The van der Waals surface area contributed by atoms with Crippen LogP contribution in [0, 0.1) is 0 Å². The van der Waals surface area contributed by atoms with E-state index in [-0.39, 0.29) is 12.5 Å². The van der Waals surface area contributed by atoms with Crippen LogP contribution in [0.2, 0.25) is 0 Å². The SMILES string of the molecule is O=C(CNc1cccc(OCCOc2ccccc2)c1)Nc1ccccc1OCCCc1ccccc1. The summed E-state index contributed by atoms with van der Waals surface area (Å²) in [6, 6.07) is 35.0. The third kappa shape index (κ3) is 8.93. The van der Waals surface area contributed by atoms with Crippen LogP contribution < -0.4 is 24.8 Å². The fourth-order valence-electron chi connectivity index (χ4n) is 3.71. The standard InChI is InChI=1S/C31H32N2O4/c34-31(33-29-18-7-8-19-30(29)37-20-10-13-25-11-3-1-4-12-25)24-32-26-14-9-17-28(23-26)36-22-21-35-27-15-5-2-6-16-27/h1-9,11-12,14-19,23,32H,10,13,20-22,24H2,(H,33,34). The van der Waals surface area contributed by atoms with Gasteiger partial charge < -0.3 is 24.8 Å². The molecule has 6 nitrogen and oxygen atoms in total. The van der Waals surface area contributed by atoms with Crippen molar-refractivity contribution >= 4 is 17.3 Å². The average molecular weight is 497 g/mol. The van der Waals surface area contributed by atoms with Crippen LogP contribution in [0.5, 0.6) is 17.2 Å². The van der Waals surface area contributed by atoms with Gasteiger partial charge in [-0.15, -0.1) is 0 Å². The molecule has 190 valence electrons. The Morgan fingerprint density at radius 1 is 0.649 bits per heavy atom. The Balaban J connectivity index is 1.19. The lowest BCUT2D eigenvalue weighted by Crippen LogP contribution is -2.22. The van der Waals surface area contributed by atoms with Crippen LogP contribution >= 0.6 is 0 Å². The van der Waals surface area contributed by atoms with Gasteiger partial charge >= 0.3 is 0 Å². The summed E-state index contributed by atoms with van der Waals surface area (Å²) in [4.78, 5) is 12.6. The highest BCUT2D eigenvalue weighted by molar-refractivity contribution is 5.95. The second-order valence-electron chi connectivity index (χ2n) is 8.37. The summed E-state index contributed by atoms with van der Waals surface area (Å²) in [5, 5.41) is 6.08. The molecule has 0 saturated heterocycles.